The number of benzene rings is 1. The Hall–Kier alpha value is -1.59. The molecule has 1 spiro atoms. The first-order valence-corrected chi connectivity index (χ1v) is 9.29. The van der Waals surface area contributed by atoms with Gasteiger partial charge in [-0.25, -0.2) is 4.79 Å². The minimum atomic E-state index is -0.433. The van der Waals surface area contributed by atoms with Gasteiger partial charge in [0.1, 0.15) is 0 Å². The van der Waals surface area contributed by atoms with Crippen LogP contribution in [0.3, 0.4) is 0 Å². The highest BCUT2D eigenvalue weighted by Crippen LogP contribution is 2.31. The molecule has 0 aliphatic carbocycles. The third-order valence-electron chi connectivity index (χ3n) is 5.37. The first kappa shape index (κ1) is 18.2. The average Bonchev–Trinajstić information content (AvgIpc) is 3.03. The fourth-order valence-corrected chi connectivity index (χ4v) is 3.96. The molecule has 1 atom stereocenters. The zero-order valence-electron chi connectivity index (χ0n) is 15.6. The van der Waals surface area contributed by atoms with Crippen molar-refractivity contribution >= 4 is 6.03 Å². The minimum absolute atomic E-state index is 0.0178. The molecule has 2 aliphatic heterocycles. The molecular weight excluding hydrogens is 316 g/mol. The second kappa shape index (κ2) is 7.34. The summed E-state index contributed by atoms with van der Waals surface area (Å²) in [5.74, 6) is -0.433. The van der Waals surface area contributed by atoms with Gasteiger partial charge in [0.05, 0.1) is 13.2 Å². The molecule has 0 unspecified atom stereocenters. The number of amides is 2. The number of hydrogen-bond acceptors (Lipinski definition) is 3. The molecule has 2 aliphatic rings. The van der Waals surface area contributed by atoms with Gasteiger partial charge in [0.25, 0.3) is 0 Å². The third kappa shape index (κ3) is 4.33. The van der Waals surface area contributed by atoms with Gasteiger partial charge in [-0.05, 0) is 24.3 Å². The quantitative estimate of drug-likeness (QED) is 0.910. The number of likely N-dealkylation sites (tertiary alicyclic amines) is 1. The Bertz CT molecular complexity index is 572. The van der Waals surface area contributed by atoms with Gasteiger partial charge >= 0.3 is 6.03 Å². The third-order valence-corrected chi connectivity index (χ3v) is 5.37. The van der Waals surface area contributed by atoms with E-state index in [0.717, 1.165) is 19.3 Å². The van der Waals surface area contributed by atoms with Crippen LogP contribution in [0, 0.1) is 0 Å². The van der Waals surface area contributed by atoms with Crippen LogP contribution in [-0.2, 0) is 14.9 Å². The van der Waals surface area contributed by atoms with Gasteiger partial charge in [-0.15, -0.1) is 0 Å². The molecule has 2 amide bonds. The summed E-state index contributed by atoms with van der Waals surface area (Å²) in [4.78, 5) is 14.4. The predicted octanol–water partition coefficient (Wildman–Crippen LogP) is 3.29. The smallest absolute Gasteiger partial charge is 0.317 e. The van der Waals surface area contributed by atoms with E-state index in [1.807, 2.05) is 11.0 Å². The lowest BCUT2D eigenvalue weighted by molar-refractivity contribution is -0.181. The molecule has 2 heterocycles. The highest BCUT2D eigenvalue weighted by molar-refractivity contribution is 5.74. The van der Waals surface area contributed by atoms with Crippen molar-refractivity contribution in [3.63, 3.8) is 0 Å². The number of urea groups is 1. The maximum atomic E-state index is 12.6. The summed E-state index contributed by atoms with van der Waals surface area (Å²) in [6.45, 7) is 9.23. The number of rotatable bonds is 4. The molecule has 0 aromatic heterocycles. The Morgan fingerprint density at radius 3 is 2.40 bits per heavy atom. The lowest BCUT2D eigenvalue weighted by Crippen LogP contribution is -2.52. The van der Waals surface area contributed by atoms with Crippen molar-refractivity contribution in [2.24, 2.45) is 0 Å². The maximum Gasteiger partial charge on any atom is 0.317 e. The fraction of sp³-hybridized carbons (Fsp3) is 0.650. The Morgan fingerprint density at radius 1 is 1.20 bits per heavy atom. The molecular formula is C20H30N2O3. The molecule has 1 N–H and O–H groups in total. The van der Waals surface area contributed by atoms with Crippen LogP contribution in [0.1, 0.15) is 45.6 Å². The number of ether oxygens (including phenoxy) is 2. The van der Waals surface area contributed by atoms with Crippen molar-refractivity contribution in [1.82, 2.24) is 10.2 Å². The predicted molar refractivity (Wildman–Crippen MR) is 97.5 cm³/mol. The zero-order chi connectivity index (χ0) is 17.9. The monoisotopic (exact) mass is 346 g/mol. The SMILES string of the molecule is C[C@@H](CC(C)(C)c1ccccc1)NC(=O)N1CCC2(CC1)OCCO2. The normalized spacial score (nSPS) is 21.3. The number of nitrogens with one attached hydrogen (secondary N) is 1. The van der Waals surface area contributed by atoms with Crippen molar-refractivity contribution in [1.29, 1.82) is 0 Å². The van der Waals surface area contributed by atoms with Gasteiger partial charge in [-0.3, -0.25) is 0 Å². The summed E-state index contributed by atoms with van der Waals surface area (Å²) < 4.78 is 11.4. The van der Waals surface area contributed by atoms with E-state index >= 15 is 0 Å². The van der Waals surface area contributed by atoms with E-state index in [1.54, 1.807) is 0 Å². The van der Waals surface area contributed by atoms with Crippen LogP contribution in [0.15, 0.2) is 30.3 Å². The van der Waals surface area contributed by atoms with Gasteiger partial charge < -0.3 is 19.7 Å². The summed E-state index contributed by atoms with van der Waals surface area (Å²) in [7, 11) is 0. The van der Waals surface area contributed by atoms with Crippen molar-refractivity contribution in [3.05, 3.63) is 35.9 Å². The summed E-state index contributed by atoms with van der Waals surface area (Å²) in [5.41, 5.74) is 1.32. The highest BCUT2D eigenvalue weighted by Gasteiger charge is 2.41. The summed E-state index contributed by atoms with van der Waals surface area (Å²) >= 11 is 0. The van der Waals surface area contributed by atoms with E-state index in [-0.39, 0.29) is 17.5 Å². The molecule has 2 saturated heterocycles. The van der Waals surface area contributed by atoms with Crippen LogP contribution < -0.4 is 5.32 Å². The van der Waals surface area contributed by atoms with E-state index in [9.17, 15) is 4.79 Å². The van der Waals surface area contributed by atoms with Crippen LogP contribution in [0.25, 0.3) is 0 Å². The Labute approximate surface area is 150 Å². The first-order chi connectivity index (χ1) is 11.9. The van der Waals surface area contributed by atoms with Crippen LogP contribution in [0.2, 0.25) is 0 Å². The van der Waals surface area contributed by atoms with Crippen LogP contribution in [0.4, 0.5) is 4.79 Å². The Balaban J connectivity index is 1.49. The van der Waals surface area contributed by atoms with E-state index in [1.165, 1.54) is 5.56 Å². The lowest BCUT2D eigenvalue weighted by Gasteiger charge is -2.38. The molecule has 0 radical (unpaired) electrons. The second-order valence-corrected chi connectivity index (χ2v) is 7.90. The van der Waals surface area contributed by atoms with E-state index in [0.29, 0.717) is 26.3 Å². The summed E-state index contributed by atoms with van der Waals surface area (Å²) in [6.07, 6.45) is 2.40. The summed E-state index contributed by atoms with van der Waals surface area (Å²) in [5, 5.41) is 3.16. The molecule has 5 nitrogen and oxygen atoms in total. The average molecular weight is 346 g/mol. The molecule has 3 rings (SSSR count). The molecule has 5 heteroatoms. The van der Waals surface area contributed by atoms with Gasteiger partial charge in [0, 0.05) is 32.0 Å². The zero-order valence-corrected chi connectivity index (χ0v) is 15.6. The minimum Gasteiger partial charge on any atom is -0.347 e. The standard InChI is InChI=1S/C20H30N2O3/c1-16(15-19(2,3)17-7-5-4-6-8-17)21-18(23)22-11-9-20(10-12-22)24-13-14-25-20/h4-8,16H,9-15H2,1-3H3,(H,21,23)/t16-/m0/s1. The number of piperidine rings is 1. The Morgan fingerprint density at radius 2 is 1.80 bits per heavy atom. The molecule has 25 heavy (non-hydrogen) atoms. The molecule has 138 valence electrons. The van der Waals surface area contributed by atoms with Gasteiger partial charge in [-0.1, -0.05) is 44.2 Å². The second-order valence-electron chi connectivity index (χ2n) is 7.90. The fourth-order valence-electron chi connectivity index (χ4n) is 3.96. The van der Waals surface area contributed by atoms with E-state index in [4.69, 9.17) is 9.47 Å². The van der Waals surface area contributed by atoms with Crippen LogP contribution in [-0.4, -0.2) is 49.1 Å². The molecule has 2 fully saturated rings. The van der Waals surface area contributed by atoms with Crippen molar-refractivity contribution in [3.8, 4) is 0 Å². The molecule has 0 saturated carbocycles. The largest absolute Gasteiger partial charge is 0.347 e. The highest BCUT2D eigenvalue weighted by atomic mass is 16.7. The molecule has 1 aromatic carbocycles. The maximum absolute atomic E-state index is 12.6. The van der Waals surface area contributed by atoms with E-state index < -0.39 is 5.79 Å². The molecule has 0 bridgehead atoms. The van der Waals surface area contributed by atoms with Crippen LogP contribution >= 0.6 is 0 Å². The van der Waals surface area contributed by atoms with Gasteiger partial charge in [-0.2, -0.15) is 0 Å². The number of nitrogens with zero attached hydrogens (tertiary/aromatic N) is 1. The van der Waals surface area contributed by atoms with Crippen molar-refractivity contribution in [2.75, 3.05) is 26.3 Å². The van der Waals surface area contributed by atoms with Gasteiger partial charge in [0.2, 0.25) is 0 Å². The summed E-state index contributed by atoms with van der Waals surface area (Å²) in [6, 6.07) is 10.6. The first-order valence-electron chi connectivity index (χ1n) is 9.29. The van der Waals surface area contributed by atoms with Crippen LogP contribution in [0.5, 0.6) is 0 Å². The van der Waals surface area contributed by atoms with E-state index in [2.05, 4.69) is 50.4 Å². The Kier molecular flexibility index (Phi) is 5.35. The number of hydrogen-bond donors (Lipinski definition) is 1. The lowest BCUT2D eigenvalue weighted by atomic mass is 9.79. The number of carbonyl (C=O) groups is 1. The van der Waals surface area contributed by atoms with Crippen molar-refractivity contribution in [2.45, 2.75) is 57.3 Å². The number of carbonyl (C=O) groups excluding carboxylic acids is 1. The van der Waals surface area contributed by atoms with Gasteiger partial charge in [0.15, 0.2) is 5.79 Å². The van der Waals surface area contributed by atoms with Crippen molar-refractivity contribution < 1.29 is 14.3 Å². The topological polar surface area (TPSA) is 50.8 Å². The molecule has 1 aromatic rings.